The van der Waals surface area contributed by atoms with Gasteiger partial charge in [-0.1, -0.05) is 37.3 Å². The van der Waals surface area contributed by atoms with Crippen LogP contribution in [0.1, 0.15) is 28.4 Å². The van der Waals surface area contributed by atoms with Gasteiger partial charge < -0.3 is 5.32 Å². The van der Waals surface area contributed by atoms with Crippen LogP contribution in [0, 0.1) is 17.0 Å². The second kappa shape index (κ2) is 6.17. The average Bonchev–Trinajstić information content (AvgIpc) is 2.47. The average molecular weight is 284 g/mol. The highest BCUT2D eigenvalue weighted by atomic mass is 16.6. The van der Waals surface area contributed by atoms with Gasteiger partial charge in [0.2, 0.25) is 0 Å². The largest absolute Gasteiger partial charge is 0.322 e. The third kappa shape index (κ3) is 3.08. The Kier molecular flexibility index (Phi) is 4.33. The number of hydrogen-bond acceptors (Lipinski definition) is 3. The number of aryl methyl sites for hydroxylation is 2. The molecule has 0 saturated heterocycles. The Bertz CT molecular complexity index is 696. The zero-order valence-electron chi connectivity index (χ0n) is 11.9. The molecule has 2 rings (SSSR count). The summed E-state index contributed by atoms with van der Waals surface area (Å²) >= 11 is 0. The standard InChI is InChI=1S/C16H16N2O3/c1-3-12-8-4-5-10-14(12)17-16(19)13-9-6-7-11(2)15(13)18(20)21/h4-10H,3H2,1-2H3,(H,17,19). The summed E-state index contributed by atoms with van der Waals surface area (Å²) in [7, 11) is 0. The molecule has 0 heterocycles. The van der Waals surface area contributed by atoms with E-state index in [0.717, 1.165) is 12.0 Å². The van der Waals surface area contributed by atoms with Crippen molar-refractivity contribution < 1.29 is 9.72 Å². The molecule has 1 amide bonds. The van der Waals surface area contributed by atoms with E-state index in [1.54, 1.807) is 25.1 Å². The minimum Gasteiger partial charge on any atom is -0.322 e. The van der Waals surface area contributed by atoms with E-state index in [-0.39, 0.29) is 11.3 Å². The monoisotopic (exact) mass is 284 g/mol. The first-order chi connectivity index (χ1) is 10.0. The molecule has 21 heavy (non-hydrogen) atoms. The van der Waals surface area contributed by atoms with Crippen LogP contribution in [0.3, 0.4) is 0 Å². The SMILES string of the molecule is CCc1ccccc1NC(=O)c1cccc(C)c1[N+](=O)[O-]. The summed E-state index contributed by atoms with van der Waals surface area (Å²) in [5.41, 5.74) is 2.06. The molecular weight excluding hydrogens is 268 g/mol. The molecule has 0 radical (unpaired) electrons. The van der Waals surface area contributed by atoms with Crippen molar-refractivity contribution in [3.05, 3.63) is 69.3 Å². The summed E-state index contributed by atoms with van der Waals surface area (Å²) in [5.74, 6) is -0.466. The third-order valence-corrected chi connectivity index (χ3v) is 3.31. The van der Waals surface area contributed by atoms with Crippen molar-refractivity contribution in [3.8, 4) is 0 Å². The minimum absolute atomic E-state index is 0.0749. The number of para-hydroxylation sites is 2. The summed E-state index contributed by atoms with van der Waals surface area (Å²) in [6, 6.07) is 12.1. The second-order valence-corrected chi connectivity index (χ2v) is 4.69. The molecule has 0 aliphatic heterocycles. The number of nitro benzene ring substituents is 1. The molecule has 0 fully saturated rings. The van der Waals surface area contributed by atoms with Crippen LogP contribution in [-0.2, 0) is 6.42 Å². The Hall–Kier alpha value is -2.69. The van der Waals surface area contributed by atoms with Gasteiger partial charge in [-0.05, 0) is 31.0 Å². The highest BCUT2D eigenvalue weighted by Gasteiger charge is 2.22. The number of rotatable bonds is 4. The summed E-state index contributed by atoms with van der Waals surface area (Å²) in [6.07, 6.45) is 0.770. The number of nitrogens with one attached hydrogen (secondary N) is 1. The maximum atomic E-state index is 12.3. The fourth-order valence-corrected chi connectivity index (χ4v) is 2.22. The molecule has 0 spiro atoms. The van der Waals surface area contributed by atoms with Crippen molar-refractivity contribution in [3.63, 3.8) is 0 Å². The lowest BCUT2D eigenvalue weighted by Gasteiger charge is -2.10. The van der Waals surface area contributed by atoms with Crippen LogP contribution in [0.4, 0.5) is 11.4 Å². The van der Waals surface area contributed by atoms with Gasteiger partial charge in [-0.25, -0.2) is 0 Å². The fourth-order valence-electron chi connectivity index (χ4n) is 2.22. The van der Waals surface area contributed by atoms with E-state index >= 15 is 0 Å². The van der Waals surface area contributed by atoms with Gasteiger partial charge in [0.05, 0.1) is 4.92 Å². The van der Waals surface area contributed by atoms with Gasteiger partial charge in [-0.2, -0.15) is 0 Å². The molecule has 2 aromatic rings. The predicted molar refractivity (Wildman–Crippen MR) is 81.6 cm³/mol. The van der Waals surface area contributed by atoms with Crippen molar-refractivity contribution in [2.24, 2.45) is 0 Å². The van der Waals surface area contributed by atoms with Crippen molar-refractivity contribution in [2.75, 3.05) is 5.32 Å². The molecule has 0 aromatic heterocycles. The fraction of sp³-hybridized carbons (Fsp3) is 0.188. The van der Waals surface area contributed by atoms with Crippen LogP contribution in [0.25, 0.3) is 0 Å². The molecule has 2 aromatic carbocycles. The number of carbonyl (C=O) groups is 1. The van der Waals surface area contributed by atoms with E-state index < -0.39 is 10.8 Å². The van der Waals surface area contributed by atoms with Gasteiger partial charge in [0, 0.05) is 11.3 Å². The van der Waals surface area contributed by atoms with Gasteiger partial charge in [0.25, 0.3) is 11.6 Å². The number of nitrogens with zero attached hydrogens (tertiary/aromatic N) is 1. The summed E-state index contributed by atoms with van der Waals surface area (Å²) in [5, 5.41) is 13.9. The lowest BCUT2D eigenvalue weighted by atomic mass is 10.1. The van der Waals surface area contributed by atoms with E-state index in [0.29, 0.717) is 11.3 Å². The molecule has 0 aliphatic rings. The molecule has 108 valence electrons. The number of anilines is 1. The van der Waals surface area contributed by atoms with Crippen LogP contribution >= 0.6 is 0 Å². The zero-order chi connectivity index (χ0) is 15.4. The molecule has 5 heteroatoms. The molecule has 0 unspecified atom stereocenters. The number of amides is 1. The third-order valence-electron chi connectivity index (χ3n) is 3.31. The molecule has 5 nitrogen and oxygen atoms in total. The molecule has 0 atom stereocenters. The van der Waals surface area contributed by atoms with Crippen molar-refractivity contribution in [2.45, 2.75) is 20.3 Å². The van der Waals surface area contributed by atoms with Gasteiger partial charge in [0.1, 0.15) is 5.56 Å². The molecular formula is C16H16N2O3. The molecule has 1 N–H and O–H groups in total. The molecule has 0 bridgehead atoms. The van der Waals surface area contributed by atoms with Crippen molar-refractivity contribution >= 4 is 17.3 Å². The first-order valence-corrected chi connectivity index (χ1v) is 6.67. The van der Waals surface area contributed by atoms with Crippen molar-refractivity contribution in [1.29, 1.82) is 0 Å². The second-order valence-electron chi connectivity index (χ2n) is 4.69. The Morgan fingerprint density at radius 3 is 2.57 bits per heavy atom. The highest BCUT2D eigenvalue weighted by Crippen LogP contribution is 2.25. The normalized spacial score (nSPS) is 10.2. The van der Waals surface area contributed by atoms with E-state index in [9.17, 15) is 14.9 Å². The zero-order valence-corrected chi connectivity index (χ0v) is 11.9. The van der Waals surface area contributed by atoms with Crippen LogP contribution in [0.2, 0.25) is 0 Å². The van der Waals surface area contributed by atoms with Gasteiger partial charge >= 0.3 is 0 Å². The van der Waals surface area contributed by atoms with Crippen molar-refractivity contribution in [1.82, 2.24) is 0 Å². The Morgan fingerprint density at radius 1 is 1.19 bits per heavy atom. The highest BCUT2D eigenvalue weighted by molar-refractivity contribution is 6.07. The van der Waals surface area contributed by atoms with Crippen LogP contribution < -0.4 is 5.32 Å². The Balaban J connectivity index is 2.38. The molecule has 0 aliphatic carbocycles. The lowest BCUT2D eigenvalue weighted by Crippen LogP contribution is -2.15. The minimum atomic E-state index is -0.518. The van der Waals surface area contributed by atoms with Crippen LogP contribution in [0.15, 0.2) is 42.5 Å². The maximum absolute atomic E-state index is 12.3. The Labute approximate surface area is 122 Å². The van der Waals surface area contributed by atoms with E-state index in [2.05, 4.69) is 5.32 Å². The Morgan fingerprint density at radius 2 is 1.90 bits per heavy atom. The van der Waals surface area contributed by atoms with Gasteiger partial charge in [-0.15, -0.1) is 0 Å². The first kappa shape index (κ1) is 14.7. The number of hydrogen-bond donors (Lipinski definition) is 1. The summed E-state index contributed by atoms with van der Waals surface area (Å²) in [4.78, 5) is 23.0. The lowest BCUT2D eigenvalue weighted by molar-refractivity contribution is -0.385. The number of carbonyl (C=O) groups excluding carboxylic acids is 1. The number of nitro groups is 1. The summed E-state index contributed by atoms with van der Waals surface area (Å²) in [6.45, 7) is 3.61. The summed E-state index contributed by atoms with van der Waals surface area (Å²) < 4.78 is 0. The van der Waals surface area contributed by atoms with E-state index in [1.165, 1.54) is 6.07 Å². The topological polar surface area (TPSA) is 72.2 Å². The van der Waals surface area contributed by atoms with Gasteiger partial charge in [-0.3, -0.25) is 14.9 Å². The van der Waals surface area contributed by atoms with Gasteiger partial charge in [0.15, 0.2) is 0 Å². The smallest absolute Gasteiger partial charge is 0.285 e. The molecule has 0 saturated carbocycles. The van der Waals surface area contributed by atoms with Crippen LogP contribution in [-0.4, -0.2) is 10.8 Å². The quantitative estimate of drug-likeness (QED) is 0.687. The maximum Gasteiger partial charge on any atom is 0.285 e. The predicted octanol–water partition coefficient (Wildman–Crippen LogP) is 3.72. The van der Waals surface area contributed by atoms with Crippen LogP contribution in [0.5, 0.6) is 0 Å². The van der Waals surface area contributed by atoms with E-state index in [1.807, 2.05) is 25.1 Å². The first-order valence-electron chi connectivity index (χ1n) is 6.67. The van der Waals surface area contributed by atoms with E-state index in [4.69, 9.17) is 0 Å². The number of benzene rings is 2.